The third kappa shape index (κ3) is 8.48. The maximum absolute atomic E-state index is 12.9. The van der Waals surface area contributed by atoms with Crippen LogP contribution in [0.15, 0.2) is 23.8 Å². The fourth-order valence-corrected chi connectivity index (χ4v) is 4.77. The van der Waals surface area contributed by atoms with Crippen molar-refractivity contribution < 1.29 is 64.3 Å². The Morgan fingerprint density at radius 2 is 1.94 bits per heavy atom. The molecule has 1 unspecified atom stereocenters. The van der Waals surface area contributed by atoms with Crippen molar-refractivity contribution in [3.8, 4) is 0 Å². The molecule has 0 radical (unpaired) electrons. The van der Waals surface area contributed by atoms with Gasteiger partial charge in [-0.25, -0.2) is 0 Å². The van der Waals surface area contributed by atoms with E-state index in [0.717, 1.165) is 5.57 Å². The van der Waals surface area contributed by atoms with E-state index in [4.69, 9.17) is 4.74 Å². The summed E-state index contributed by atoms with van der Waals surface area (Å²) in [7, 11) is 0. The Kier molecular flexibility index (Phi) is 11.3. The molecular weight excluding hydrogens is 435 g/mol. The number of carbonyl (C=O) groups is 2. The fourth-order valence-electron chi connectivity index (χ4n) is 4.77. The van der Waals surface area contributed by atoms with Crippen LogP contribution in [0.3, 0.4) is 0 Å². The van der Waals surface area contributed by atoms with Crippen LogP contribution in [0.5, 0.6) is 0 Å². The summed E-state index contributed by atoms with van der Waals surface area (Å²) in [4.78, 5) is 23.5. The predicted molar refractivity (Wildman–Crippen MR) is 118 cm³/mol. The first kappa shape index (κ1) is 30.3. The van der Waals surface area contributed by atoms with Crippen molar-refractivity contribution in [3.63, 3.8) is 0 Å². The van der Waals surface area contributed by atoms with Crippen LogP contribution in [0.1, 0.15) is 73.1 Å². The first-order valence-electron chi connectivity index (χ1n) is 11.7. The maximum Gasteiger partial charge on any atom is 1.00 e. The number of hydrogen-bond donors (Lipinski definition) is 3. The van der Waals surface area contributed by atoms with Crippen molar-refractivity contribution in [2.45, 2.75) is 97.1 Å². The number of rotatable bonds is 10. The maximum atomic E-state index is 12.9. The van der Waals surface area contributed by atoms with Gasteiger partial charge in [0.1, 0.15) is 6.10 Å². The van der Waals surface area contributed by atoms with Crippen molar-refractivity contribution in [1.29, 1.82) is 0 Å². The van der Waals surface area contributed by atoms with E-state index >= 15 is 0 Å². The SMILES string of the molecule is CCC(C)(C)C(=O)O[C@H]1CC(C)(O)C=C2C=C[C@H](C)[C@H](CC[C@@H](O)C[C@@H](O)CC(=O)[O-])[C@H]21.[Na+]. The molecule has 0 amide bonds. The Bertz CT molecular complexity index is 743. The van der Waals surface area contributed by atoms with Crippen LogP contribution in [0.2, 0.25) is 0 Å². The Balaban J connectivity index is 0.00000544. The largest absolute Gasteiger partial charge is 1.00 e. The molecule has 0 aliphatic heterocycles. The molecule has 182 valence electrons. The third-order valence-corrected chi connectivity index (χ3v) is 7.08. The van der Waals surface area contributed by atoms with Gasteiger partial charge < -0.3 is 30.0 Å². The molecule has 0 saturated carbocycles. The summed E-state index contributed by atoms with van der Waals surface area (Å²) in [6, 6.07) is 0. The van der Waals surface area contributed by atoms with Gasteiger partial charge in [-0.05, 0) is 69.9 Å². The summed E-state index contributed by atoms with van der Waals surface area (Å²) in [6.07, 6.45) is 4.82. The van der Waals surface area contributed by atoms with Gasteiger partial charge in [-0.1, -0.05) is 26.0 Å². The zero-order valence-corrected chi connectivity index (χ0v) is 22.9. The molecule has 0 fully saturated rings. The fraction of sp³-hybridized carbons (Fsp3) is 0.760. The summed E-state index contributed by atoms with van der Waals surface area (Å²) in [6.45, 7) is 9.43. The van der Waals surface area contributed by atoms with Gasteiger partial charge in [0.05, 0.1) is 23.2 Å². The smallest absolute Gasteiger partial charge is 0.550 e. The summed E-state index contributed by atoms with van der Waals surface area (Å²) >= 11 is 0. The second kappa shape index (κ2) is 12.3. The van der Waals surface area contributed by atoms with Crippen molar-refractivity contribution in [2.24, 2.45) is 23.2 Å². The van der Waals surface area contributed by atoms with Crippen LogP contribution < -0.4 is 34.7 Å². The van der Waals surface area contributed by atoms with Gasteiger partial charge in [-0.2, -0.15) is 0 Å². The number of allylic oxidation sites excluding steroid dienone is 2. The first-order valence-corrected chi connectivity index (χ1v) is 11.7. The molecule has 0 heterocycles. The van der Waals surface area contributed by atoms with E-state index in [9.17, 15) is 30.0 Å². The molecule has 0 saturated heterocycles. The molecule has 33 heavy (non-hydrogen) atoms. The quantitative estimate of drug-likeness (QED) is 0.271. The first-order chi connectivity index (χ1) is 14.8. The summed E-state index contributed by atoms with van der Waals surface area (Å²) < 4.78 is 6.00. The van der Waals surface area contributed by atoms with Crippen LogP contribution in [0, 0.1) is 23.2 Å². The van der Waals surface area contributed by atoms with Crippen molar-refractivity contribution >= 4 is 11.9 Å². The molecule has 0 aromatic carbocycles. The van der Waals surface area contributed by atoms with Gasteiger partial charge in [0.15, 0.2) is 0 Å². The van der Waals surface area contributed by atoms with Crippen LogP contribution in [-0.2, 0) is 14.3 Å². The van der Waals surface area contributed by atoms with Crippen molar-refractivity contribution in [2.75, 3.05) is 0 Å². The Morgan fingerprint density at radius 1 is 1.30 bits per heavy atom. The van der Waals surface area contributed by atoms with Gasteiger partial charge >= 0.3 is 35.5 Å². The minimum atomic E-state index is -1.35. The average molecular weight is 475 g/mol. The van der Waals surface area contributed by atoms with E-state index in [1.807, 2.05) is 32.9 Å². The molecule has 0 spiro atoms. The Labute approximate surface area is 219 Å². The number of hydrogen-bond acceptors (Lipinski definition) is 7. The molecule has 8 heteroatoms. The monoisotopic (exact) mass is 474 g/mol. The van der Waals surface area contributed by atoms with E-state index in [1.165, 1.54) is 0 Å². The number of aliphatic hydroxyl groups is 3. The predicted octanol–water partition coefficient (Wildman–Crippen LogP) is -1.11. The van der Waals surface area contributed by atoms with Crippen LogP contribution in [0.25, 0.3) is 0 Å². The molecule has 0 bridgehead atoms. The van der Waals surface area contributed by atoms with Crippen LogP contribution in [-0.4, -0.2) is 51.2 Å². The molecule has 0 aromatic heterocycles. The number of carbonyl (C=O) groups excluding carboxylic acids is 2. The molecule has 2 rings (SSSR count). The molecule has 2 aliphatic carbocycles. The second-order valence-electron chi connectivity index (χ2n) is 10.5. The Morgan fingerprint density at radius 3 is 2.52 bits per heavy atom. The van der Waals surface area contributed by atoms with E-state index in [2.05, 4.69) is 13.0 Å². The molecule has 7 atom stereocenters. The topological polar surface area (TPSA) is 127 Å². The summed E-state index contributed by atoms with van der Waals surface area (Å²) in [5.41, 5.74) is -0.774. The van der Waals surface area contributed by atoms with Crippen LogP contribution in [0.4, 0.5) is 0 Å². The van der Waals surface area contributed by atoms with E-state index in [-0.39, 0.29) is 59.7 Å². The summed E-state index contributed by atoms with van der Waals surface area (Å²) in [5, 5.41) is 41.5. The number of esters is 1. The molecule has 7 nitrogen and oxygen atoms in total. The average Bonchev–Trinajstić information content (AvgIpc) is 2.65. The minimum absolute atomic E-state index is 0. The van der Waals surface area contributed by atoms with E-state index < -0.39 is 41.7 Å². The van der Waals surface area contributed by atoms with Crippen LogP contribution >= 0.6 is 0 Å². The number of aliphatic carboxylic acids is 1. The van der Waals surface area contributed by atoms with Crippen molar-refractivity contribution in [1.82, 2.24) is 0 Å². The number of carboxylic acids is 1. The summed E-state index contributed by atoms with van der Waals surface area (Å²) in [5.74, 6) is -1.50. The van der Waals surface area contributed by atoms with Gasteiger partial charge in [0.25, 0.3) is 0 Å². The normalized spacial score (nSPS) is 31.0. The van der Waals surface area contributed by atoms with E-state index in [1.54, 1.807) is 6.92 Å². The molecular formula is C25H39NaO7. The van der Waals surface area contributed by atoms with Gasteiger partial charge in [-0.3, -0.25) is 4.79 Å². The molecule has 0 aromatic rings. The van der Waals surface area contributed by atoms with Gasteiger partial charge in [0.2, 0.25) is 0 Å². The molecule has 3 N–H and O–H groups in total. The standard InChI is InChI=1S/C25H40O7.Na/c1-6-24(3,4)23(30)32-20-14-25(5,31)13-16-8-7-15(2)19(22(16)20)10-9-17(26)11-18(27)12-21(28)29;/h7-8,13,15,17-20,22,26-27,31H,6,9-12,14H2,1-5H3,(H,28,29);/q;+1/p-1/t15-,17+,18+,19-,20-,22-,25?;/m0./s1. The van der Waals surface area contributed by atoms with Crippen molar-refractivity contribution in [3.05, 3.63) is 23.8 Å². The van der Waals surface area contributed by atoms with E-state index in [0.29, 0.717) is 25.7 Å². The second-order valence-corrected chi connectivity index (χ2v) is 10.5. The Hall–Kier alpha value is -0.700. The third-order valence-electron chi connectivity index (χ3n) is 7.08. The van der Waals surface area contributed by atoms with Gasteiger partial charge in [-0.15, -0.1) is 0 Å². The zero-order chi connectivity index (χ0) is 24.3. The minimum Gasteiger partial charge on any atom is -0.550 e. The number of fused-ring (bicyclic) bond motifs is 1. The number of carboxylic acid groups (broad SMARTS) is 1. The number of aliphatic hydroxyl groups excluding tert-OH is 2. The molecule has 2 aliphatic rings. The zero-order valence-electron chi connectivity index (χ0n) is 20.9. The van der Waals surface area contributed by atoms with Gasteiger partial charge in [0, 0.05) is 24.7 Å². The number of ether oxygens (including phenoxy) is 1.